The van der Waals surface area contributed by atoms with Crippen molar-refractivity contribution in [3.05, 3.63) is 56.4 Å². The summed E-state index contributed by atoms with van der Waals surface area (Å²) in [5, 5.41) is 1.99. The summed E-state index contributed by atoms with van der Waals surface area (Å²) < 4.78 is 14.5. The van der Waals surface area contributed by atoms with Gasteiger partial charge in [-0.05, 0) is 29.6 Å². The molecule has 0 amide bonds. The Balaban J connectivity index is 2.41. The van der Waals surface area contributed by atoms with Gasteiger partial charge in [-0.15, -0.1) is 11.3 Å². The van der Waals surface area contributed by atoms with Crippen molar-refractivity contribution in [2.24, 2.45) is 0 Å². The molecule has 0 N–H and O–H groups in total. The number of thiophene rings is 1. The van der Waals surface area contributed by atoms with Crippen LogP contribution in [0, 0.1) is 5.82 Å². The zero-order valence-electron chi connectivity index (χ0n) is 7.58. The van der Waals surface area contributed by atoms with Crippen molar-refractivity contribution >= 4 is 43.2 Å². The molecular formula is C11H7Br2FS. The fourth-order valence-electron chi connectivity index (χ4n) is 1.30. The first-order valence-corrected chi connectivity index (χ1v) is 6.90. The zero-order chi connectivity index (χ0) is 10.8. The van der Waals surface area contributed by atoms with Gasteiger partial charge in [0.2, 0.25) is 0 Å². The smallest absolute Gasteiger partial charge is 0.127 e. The van der Waals surface area contributed by atoms with Gasteiger partial charge in [-0.25, -0.2) is 4.39 Å². The average molecular weight is 350 g/mol. The van der Waals surface area contributed by atoms with Gasteiger partial charge < -0.3 is 0 Å². The first-order valence-electron chi connectivity index (χ1n) is 4.31. The normalized spacial score (nSPS) is 12.7. The van der Waals surface area contributed by atoms with Crippen LogP contribution in [0.2, 0.25) is 0 Å². The highest BCUT2D eigenvalue weighted by molar-refractivity contribution is 9.10. The SMILES string of the molecule is Fc1ccc(Br)cc1C(Br)c1cccs1. The van der Waals surface area contributed by atoms with E-state index in [0.29, 0.717) is 5.56 Å². The quantitative estimate of drug-likeness (QED) is 0.659. The van der Waals surface area contributed by atoms with Crippen LogP contribution in [0.25, 0.3) is 0 Å². The lowest BCUT2D eigenvalue weighted by molar-refractivity contribution is 0.613. The molecule has 15 heavy (non-hydrogen) atoms. The third-order valence-electron chi connectivity index (χ3n) is 2.02. The van der Waals surface area contributed by atoms with Crippen molar-refractivity contribution in [3.63, 3.8) is 0 Å². The summed E-state index contributed by atoms with van der Waals surface area (Å²) in [4.78, 5) is 1.03. The van der Waals surface area contributed by atoms with Crippen LogP contribution in [0.1, 0.15) is 15.3 Å². The van der Waals surface area contributed by atoms with Crippen molar-refractivity contribution in [1.29, 1.82) is 0 Å². The Morgan fingerprint density at radius 1 is 1.27 bits per heavy atom. The van der Waals surface area contributed by atoms with Crippen LogP contribution < -0.4 is 0 Å². The molecule has 2 aromatic rings. The van der Waals surface area contributed by atoms with Gasteiger partial charge in [0.05, 0.1) is 4.83 Å². The minimum Gasteiger partial charge on any atom is -0.207 e. The van der Waals surface area contributed by atoms with Gasteiger partial charge in [-0.3, -0.25) is 0 Å². The fourth-order valence-corrected chi connectivity index (χ4v) is 3.22. The number of benzene rings is 1. The van der Waals surface area contributed by atoms with Crippen LogP contribution >= 0.6 is 43.2 Å². The molecule has 0 saturated carbocycles. The number of rotatable bonds is 2. The van der Waals surface area contributed by atoms with E-state index >= 15 is 0 Å². The molecule has 0 nitrogen and oxygen atoms in total. The second-order valence-corrected chi connectivity index (χ2v) is 5.85. The summed E-state index contributed by atoms with van der Waals surface area (Å²) in [6.07, 6.45) is 0. The summed E-state index contributed by atoms with van der Waals surface area (Å²) >= 11 is 8.46. The van der Waals surface area contributed by atoms with Gasteiger partial charge in [0.15, 0.2) is 0 Å². The van der Waals surface area contributed by atoms with Crippen molar-refractivity contribution in [3.8, 4) is 0 Å². The van der Waals surface area contributed by atoms with E-state index in [1.165, 1.54) is 6.07 Å². The monoisotopic (exact) mass is 348 g/mol. The van der Waals surface area contributed by atoms with Gasteiger partial charge in [-0.2, -0.15) is 0 Å². The first kappa shape index (κ1) is 11.3. The van der Waals surface area contributed by atoms with Gasteiger partial charge in [-0.1, -0.05) is 37.9 Å². The van der Waals surface area contributed by atoms with Crippen molar-refractivity contribution < 1.29 is 4.39 Å². The van der Waals surface area contributed by atoms with E-state index in [-0.39, 0.29) is 10.6 Å². The minimum atomic E-state index is -0.187. The Kier molecular flexibility index (Phi) is 3.59. The van der Waals surface area contributed by atoms with Gasteiger partial charge in [0, 0.05) is 14.9 Å². The predicted molar refractivity (Wildman–Crippen MR) is 69.2 cm³/mol. The molecule has 0 aliphatic carbocycles. The molecule has 0 saturated heterocycles. The minimum absolute atomic E-state index is 0.0741. The highest BCUT2D eigenvalue weighted by atomic mass is 79.9. The van der Waals surface area contributed by atoms with Crippen LogP contribution in [0.3, 0.4) is 0 Å². The van der Waals surface area contributed by atoms with Crippen molar-refractivity contribution in [2.45, 2.75) is 4.83 Å². The Labute approximate surface area is 108 Å². The summed E-state index contributed by atoms with van der Waals surface area (Å²) in [5.41, 5.74) is 0.659. The zero-order valence-corrected chi connectivity index (χ0v) is 11.6. The van der Waals surface area contributed by atoms with E-state index in [9.17, 15) is 4.39 Å². The number of hydrogen-bond acceptors (Lipinski definition) is 1. The molecule has 78 valence electrons. The maximum atomic E-state index is 13.6. The third kappa shape index (κ3) is 2.49. The van der Waals surface area contributed by atoms with E-state index in [2.05, 4.69) is 31.9 Å². The molecule has 2 rings (SSSR count). The molecule has 0 radical (unpaired) electrons. The highest BCUT2D eigenvalue weighted by Crippen LogP contribution is 2.36. The van der Waals surface area contributed by atoms with Crippen LogP contribution in [0.5, 0.6) is 0 Å². The van der Waals surface area contributed by atoms with Gasteiger partial charge in [0.25, 0.3) is 0 Å². The number of alkyl halides is 1. The molecule has 0 bridgehead atoms. The molecule has 4 heteroatoms. The van der Waals surface area contributed by atoms with Crippen LogP contribution in [-0.4, -0.2) is 0 Å². The van der Waals surface area contributed by atoms with E-state index < -0.39 is 0 Å². The molecule has 0 spiro atoms. The number of halogens is 3. The Morgan fingerprint density at radius 2 is 2.07 bits per heavy atom. The van der Waals surface area contributed by atoms with Crippen molar-refractivity contribution in [1.82, 2.24) is 0 Å². The third-order valence-corrected chi connectivity index (χ3v) is 4.74. The molecule has 0 fully saturated rings. The van der Waals surface area contributed by atoms with Crippen LogP contribution in [0.4, 0.5) is 4.39 Å². The summed E-state index contributed by atoms with van der Waals surface area (Å²) in [5.74, 6) is -0.187. The predicted octanol–water partition coefficient (Wildman–Crippen LogP) is 5.13. The van der Waals surface area contributed by atoms with Crippen LogP contribution in [0.15, 0.2) is 40.2 Å². The summed E-state index contributed by atoms with van der Waals surface area (Å²) in [6.45, 7) is 0. The lowest BCUT2D eigenvalue weighted by Gasteiger charge is -2.09. The largest absolute Gasteiger partial charge is 0.207 e. The van der Waals surface area contributed by atoms with E-state index in [1.807, 2.05) is 17.5 Å². The summed E-state index contributed by atoms with van der Waals surface area (Å²) in [7, 11) is 0. The second kappa shape index (κ2) is 4.76. The molecule has 1 unspecified atom stereocenters. The molecular weight excluding hydrogens is 343 g/mol. The standard InChI is InChI=1S/C11H7Br2FS/c12-7-3-4-9(14)8(6-7)11(13)10-2-1-5-15-10/h1-6,11H. The first-order chi connectivity index (χ1) is 7.18. The average Bonchev–Trinajstić information content (AvgIpc) is 2.74. The Morgan fingerprint density at radius 3 is 2.73 bits per heavy atom. The molecule has 0 aliphatic rings. The highest BCUT2D eigenvalue weighted by Gasteiger charge is 2.15. The Bertz CT molecular complexity index is 454. The van der Waals surface area contributed by atoms with E-state index in [1.54, 1.807) is 23.5 Å². The van der Waals surface area contributed by atoms with Crippen molar-refractivity contribution in [2.75, 3.05) is 0 Å². The second-order valence-electron chi connectivity index (χ2n) is 3.04. The maximum absolute atomic E-state index is 13.6. The Hall–Kier alpha value is -0.190. The molecule has 1 atom stereocenters. The van der Waals surface area contributed by atoms with E-state index in [4.69, 9.17) is 0 Å². The fraction of sp³-hybridized carbons (Fsp3) is 0.0909. The maximum Gasteiger partial charge on any atom is 0.127 e. The summed E-state index contributed by atoms with van der Waals surface area (Å²) in [6, 6.07) is 8.93. The molecule has 1 aromatic heterocycles. The molecule has 0 aliphatic heterocycles. The molecule has 1 heterocycles. The number of hydrogen-bond donors (Lipinski definition) is 0. The van der Waals surface area contributed by atoms with Gasteiger partial charge in [0.1, 0.15) is 5.82 Å². The molecule has 1 aromatic carbocycles. The van der Waals surface area contributed by atoms with Crippen LogP contribution in [-0.2, 0) is 0 Å². The topological polar surface area (TPSA) is 0 Å². The lowest BCUT2D eigenvalue weighted by Crippen LogP contribution is -1.94. The van der Waals surface area contributed by atoms with Gasteiger partial charge >= 0.3 is 0 Å². The lowest BCUT2D eigenvalue weighted by atomic mass is 10.1. The van der Waals surface area contributed by atoms with E-state index in [0.717, 1.165) is 9.35 Å².